The number of piperidine rings is 1. The van der Waals surface area contributed by atoms with Crippen molar-refractivity contribution in [3.63, 3.8) is 0 Å². The first-order valence-electron chi connectivity index (χ1n) is 11.6. The van der Waals surface area contributed by atoms with Gasteiger partial charge in [-0.3, -0.25) is 4.79 Å². The molecule has 4 rings (SSSR count). The SMILES string of the molecule is Cc1ccc(C)c(/C=C/c2onc(C)c2S(=O)(=O)N2CCCC(C(=O)Nc3cccc(C)n3)C2)c1. The predicted molar refractivity (Wildman–Crippen MR) is 135 cm³/mol. The number of hydrogen-bond donors (Lipinski definition) is 1. The first-order valence-corrected chi connectivity index (χ1v) is 13.1. The fraction of sp³-hybridized carbons (Fsp3) is 0.346. The fourth-order valence-electron chi connectivity index (χ4n) is 4.25. The molecule has 1 saturated heterocycles. The number of aromatic nitrogens is 2. The Morgan fingerprint density at radius 2 is 1.94 bits per heavy atom. The summed E-state index contributed by atoms with van der Waals surface area (Å²) in [6.45, 7) is 7.88. The van der Waals surface area contributed by atoms with E-state index < -0.39 is 15.9 Å². The smallest absolute Gasteiger partial charge is 0.248 e. The third-order valence-corrected chi connectivity index (χ3v) is 8.20. The third-order valence-electron chi connectivity index (χ3n) is 6.17. The Hall–Kier alpha value is -3.30. The van der Waals surface area contributed by atoms with Crippen LogP contribution in [0.2, 0.25) is 0 Å². The standard InChI is InChI=1S/C26H30N4O4S/c1-17-10-11-18(2)21(15-17)12-13-23-25(20(4)29-34-23)35(32,33)30-14-6-8-22(16-30)26(31)28-24-9-5-7-19(3)27-24/h5,7,9-13,15,22H,6,8,14,16H2,1-4H3,(H,27,28,31)/b13-12+. The normalized spacial score (nSPS) is 17.1. The molecule has 3 aromatic rings. The van der Waals surface area contributed by atoms with Crippen LogP contribution in [0.3, 0.4) is 0 Å². The number of rotatable bonds is 6. The monoisotopic (exact) mass is 494 g/mol. The van der Waals surface area contributed by atoms with Gasteiger partial charge in [0.25, 0.3) is 0 Å². The first-order chi connectivity index (χ1) is 16.6. The molecule has 35 heavy (non-hydrogen) atoms. The molecule has 184 valence electrons. The molecule has 1 amide bonds. The molecule has 9 heteroatoms. The zero-order valence-electron chi connectivity index (χ0n) is 20.4. The maximum Gasteiger partial charge on any atom is 0.248 e. The molecular weight excluding hydrogens is 464 g/mol. The van der Waals surface area contributed by atoms with Crippen LogP contribution in [0, 0.1) is 33.6 Å². The number of amides is 1. The largest absolute Gasteiger partial charge is 0.355 e. The van der Waals surface area contributed by atoms with E-state index in [1.165, 1.54) is 4.31 Å². The lowest BCUT2D eigenvalue weighted by molar-refractivity contribution is -0.120. The van der Waals surface area contributed by atoms with Gasteiger partial charge in [-0.2, -0.15) is 4.31 Å². The summed E-state index contributed by atoms with van der Waals surface area (Å²) in [5, 5.41) is 6.75. The number of nitrogens with zero attached hydrogens (tertiary/aromatic N) is 3. The Balaban J connectivity index is 1.55. The number of carbonyl (C=O) groups excluding carboxylic acids is 1. The summed E-state index contributed by atoms with van der Waals surface area (Å²) >= 11 is 0. The lowest BCUT2D eigenvalue weighted by Crippen LogP contribution is -2.44. The number of pyridine rings is 1. The second-order valence-corrected chi connectivity index (χ2v) is 10.9. The highest BCUT2D eigenvalue weighted by atomic mass is 32.2. The zero-order valence-corrected chi connectivity index (χ0v) is 21.2. The molecule has 0 aliphatic carbocycles. The number of sulfonamides is 1. The van der Waals surface area contributed by atoms with Crippen molar-refractivity contribution in [1.82, 2.24) is 14.4 Å². The Bertz CT molecular complexity index is 1380. The van der Waals surface area contributed by atoms with E-state index in [4.69, 9.17) is 4.52 Å². The van der Waals surface area contributed by atoms with Gasteiger partial charge in [0.15, 0.2) is 10.7 Å². The van der Waals surface area contributed by atoms with Crippen LogP contribution < -0.4 is 5.32 Å². The summed E-state index contributed by atoms with van der Waals surface area (Å²) in [5.41, 5.74) is 4.24. The summed E-state index contributed by atoms with van der Waals surface area (Å²) in [4.78, 5) is 17.2. The van der Waals surface area contributed by atoms with E-state index in [9.17, 15) is 13.2 Å². The molecule has 2 aromatic heterocycles. The van der Waals surface area contributed by atoms with Crippen LogP contribution in [-0.4, -0.2) is 41.9 Å². The van der Waals surface area contributed by atoms with E-state index in [0.717, 1.165) is 22.4 Å². The van der Waals surface area contributed by atoms with Gasteiger partial charge in [-0.1, -0.05) is 41.1 Å². The van der Waals surface area contributed by atoms with Crippen LogP contribution in [0.15, 0.2) is 45.8 Å². The van der Waals surface area contributed by atoms with Crippen LogP contribution in [-0.2, 0) is 14.8 Å². The van der Waals surface area contributed by atoms with Gasteiger partial charge in [0.2, 0.25) is 15.9 Å². The van der Waals surface area contributed by atoms with Crippen molar-refractivity contribution in [3.05, 3.63) is 70.2 Å². The van der Waals surface area contributed by atoms with Gasteiger partial charge in [0.1, 0.15) is 11.5 Å². The van der Waals surface area contributed by atoms with Crippen molar-refractivity contribution < 1.29 is 17.7 Å². The van der Waals surface area contributed by atoms with Crippen LogP contribution in [0.25, 0.3) is 12.2 Å². The highest BCUT2D eigenvalue weighted by Crippen LogP contribution is 2.30. The molecule has 1 aliphatic rings. The van der Waals surface area contributed by atoms with Crippen LogP contribution in [0.1, 0.15) is 46.7 Å². The van der Waals surface area contributed by atoms with Gasteiger partial charge in [-0.25, -0.2) is 13.4 Å². The average molecular weight is 495 g/mol. The van der Waals surface area contributed by atoms with Crippen LogP contribution in [0.4, 0.5) is 5.82 Å². The van der Waals surface area contributed by atoms with Crippen molar-refractivity contribution in [1.29, 1.82) is 0 Å². The van der Waals surface area contributed by atoms with Crippen LogP contribution >= 0.6 is 0 Å². The maximum atomic E-state index is 13.6. The molecule has 8 nitrogen and oxygen atoms in total. The minimum absolute atomic E-state index is 0.0421. The number of nitrogens with one attached hydrogen (secondary N) is 1. The van der Waals surface area contributed by atoms with E-state index in [0.29, 0.717) is 30.9 Å². The molecule has 1 aromatic carbocycles. The Morgan fingerprint density at radius 3 is 2.71 bits per heavy atom. The number of hydrogen-bond acceptors (Lipinski definition) is 6. The summed E-state index contributed by atoms with van der Waals surface area (Å²) in [6.07, 6.45) is 4.66. The van der Waals surface area contributed by atoms with E-state index in [1.807, 2.05) is 57.2 Å². The average Bonchev–Trinajstić information content (AvgIpc) is 3.21. The van der Waals surface area contributed by atoms with Crippen molar-refractivity contribution in [3.8, 4) is 0 Å². The zero-order chi connectivity index (χ0) is 25.2. The molecule has 1 atom stereocenters. The fourth-order valence-corrected chi connectivity index (χ4v) is 6.02. The number of anilines is 1. The van der Waals surface area contributed by atoms with Crippen molar-refractivity contribution >= 4 is 33.9 Å². The molecule has 0 saturated carbocycles. The van der Waals surface area contributed by atoms with Gasteiger partial charge in [0.05, 0.1) is 5.92 Å². The molecule has 1 N–H and O–H groups in total. The van der Waals surface area contributed by atoms with Crippen molar-refractivity contribution in [2.45, 2.75) is 45.4 Å². The summed E-state index contributed by atoms with van der Waals surface area (Å²) in [7, 11) is -3.92. The van der Waals surface area contributed by atoms with Gasteiger partial charge in [-0.05, 0) is 69.9 Å². The molecule has 0 spiro atoms. The van der Waals surface area contributed by atoms with Crippen molar-refractivity contribution in [2.24, 2.45) is 5.92 Å². The second kappa shape index (κ2) is 10.1. The van der Waals surface area contributed by atoms with E-state index >= 15 is 0 Å². The van der Waals surface area contributed by atoms with Crippen molar-refractivity contribution in [2.75, 3.05) is 18.4 Å². The van der Waals surface area contributed by atoms with Crippen LogP contribution in [0.5, 0.6) is 0 Å². The summed E-state index contributed by atoms with van der Waals surface area (Å²) in [5.74, 6) is -0.0716. The van der Waals surface area contributed by atoms with Gasteiger partial charge in [0, 0.05) is 18.8 Å². The third kappa shape index (κ3) is 5.52. The summed E-state index contributed by atoms with van der Waals surface area (Å²) in [6, 6.07) is 11.5. The lowest BCUT2D eigenvalue weighted by atomic mass is 9.99. The first kappa shape index (κ1) is 24.8. The van der Waals surface area contributed by atoms with Gasteiger partial charge in [-0.15, -0.1) is 0 Å². The second-order valence-electron chi connectivity index (χ2n) is 9.01. The van der Waals surface area contributed by atoms with Gasteiger partial charge >= 0.3 is 0 Å². The highest BCUT2D eigenvalue weighted by molar-refractivity contribution is 7.89. The molecule has 1 fully saturated rings. The Labute approximate surface area is 206 Å². The quantitative estimate of drug-likeness (QED) is 0.540. The Kier molecular flexibility index (Phi) is 7.18. The van der Waals surface area contributed by atoms with E-state index in [-0.39, 0.29) is 23.1 Å². The van der Waals surface area contributed by atoms with E-state index in [2.05, 4.69) is 15.5 Å². The molecule has 0 bridgehead atoms. The van der Waals surface area contributed by atoms with Gasteiger partial charge < -0.3 is 9.84 Å². The molecule has 1 aliphatic heterocycles. The van der Waals surface area contributed by atoms with E-state index in [1.54, 1.807) is 19.1 Å². The predicted octanol–water partition coefficient (Wildman–Crippen LogP) is 4.51. The number of benzene rings is 1. The molecule has 0 radical (unpaired) electrons. The lowest BCUT2D eigenvalue weighted by Gasteiger charge is -2.31. The number of carbonyl (C=O) groups is 1. The highest BCUT2D eigenvalue weighted by Gasteiger charge is 2.37. The minimum atomic E-state index is -3.92. The topological polar surface area (TPSA) is 105 Å². The Morgan fingerprint density at radius 1 is 1.14 bits per heavy atom. The molecule has 3 heterocycles. The maximum absolute atomic E-state index is 13.6. The molecule has 1 unspecified atom stereocenters. The summed E-state index contributed by atoms with van der Waals surface area (Å²) < 4.78 is 34.0. The molecular formula is C26H30N4O4S. The number of aryl methyl sites for hydroxylation is 4. The minimum Gasteiger partial charge on any atom is -0.355 e.